The molecule has 2 aromatic carbocycles. The third-order valence-electron chi connectivity index (χ3n) is 5.01. The molecule has 0 radical (unpaired) electrons. The minimum Gasteiger partial charge on any atom is -0.350 e. The number of rotatable bonds is 5. The maximum Gasteiger partial charge on any atom is 0.251 e. The van der Waals surface area contributed by atoms with Crippen LogP contribution >= 0.6 is 0 Å². The maximum atomic E-state index is 12.4. The van der Waals surface area contributed by atoms with E-state index in [0.29, 0.717) is 12.1 Å². The van der Waals surface area contributed by atoms with Crippen LogP contribution in [0, 0.1) is 0 Å². The minimum absolute atomic E-state index is 0.0364. The van der Waals surface area contributed by atoms with E-state index in [0.717, 1.165) is 30.5 Å². The third-order valence-corrected chi connectivity index (χ3v) is 5.01. The molecule has 1 aliphatic carbocycles. The van der Waals surface area contributed by atoms with Crippen molar-refractivity contribution >= 4 is 5.91 Å². The Morgan fingerprint density at radius 1 is 0.962 bits per heavy atom. The molecule has 0 unspecified atom stereocenters. The first kappa shape index (κ1) is 16.6. The average Bonchev–Trinajstić information content (AvgIpc) is 3.12. The molecule has 0 fully saturated rings. The topological polar surface area (TPSA) is 46.9 Å². The van der Waals surface area contributed by atoms with Crippen LogP contribution in [0.1, 0.15) is 34.5 Å². The predicted molar refractivity (Wildman–Crippen MR) is 103 cm³/mol. The molecule has 4 nitrogen and oxygen atoms in total. The standard InChI is InChI=1S/C22H23N3O/c26-22(19-12-10-18(11-13-19)17-6-2-1-3-7-17)23-14-15-25-21-9-5-4-8-20(21)16-24-25/h1-3,6-7,10-13,16H,4-5,8-9,14-15H2,(H,23,26). The number of aryl methyl sites for hydroxylation is 1. The number of hydrogen-bond donors (Lipinski definition) is 1. The van der Waals surface area contributed by atoms with Gasteiger partial charge in [-0.1, -0.05) is 42.5 Å². The molecular formula is C22H23N3O. The molecule has 0 saturated heterocycles. The lowest BCUT2D eigenvalue weighted by Gasteiger charge is -2.14. The Morgan fingerprint density at radius 3 is 2.50 bits per heavy atom. The van der Waals surface area contributed by atoms with Crippen LogP contribution in [0.3, 0.4) is 0 Å². The highest BCUT2D eigenvalue weighted by molar-refractivity contribution is 5.94. The fourth-order valence-corrected chi connectivity index (χ4v) is 3.57. The van der Waals surface area contributed by atoms with E-state index < -0.39 is 0 Å². The van der Waals surface area contributed by atoms with Gasteiger partial charge in [0.05, 0.1) is 12.7 Å². The van der Waals surface area contributed by atoms with Crippen molar-refractivity contribution in [2.24, 2.45) is 0 Å². The summed E-state index contributed by atoms with van der Waals surface area (Å²) in [7, 11) is 0. The van der Waals surface area contributed by atoms with Crippen LogP contribution in [-0.2, 0) is 19.4 Å². The van der Waals surface area contributed by atoms with Crippen molar-refractivity contribution < 1.29 is 4.79 Å². The van der Waals surface area contributed by atoms with Gasteiger partial charge in [-0.2, -0.15) is 5.10 Å². The summed E-state index contributed by atoms with van der Waals surface area (Å²) in [5.41, 5.74) is 5.68. The lowest BCUT2D eigenvalue weighted by Crippen LogP contribution is -2.28. The van der Waals surface area contributed by atoms with Gasteiger partial charge in [0, 0.05) is 17.8 Å². The number of amides is 1. The molecular weight excluding hydrogens is 322 g/mol. The van der Waals surface area contributed by atoms with E-state index in [4.69, 9.17) is 0 Å². The number of fused-ring (bicyclic) bond motifs is 1. The van der Waals surface area contributed by atoms with Gasteiger partial charge in [-0.05, 0) is 54.5 Å². The smallest absolute Gasteiger partial charge is 0.251 e. The highest BCUT2D eigenvalue weighted by Crippen LogP contribution is 2.21. The number of hydrogen-bond acceptors (Lipinski definition) is 2. The Hall–Kier alpha value is -2.88. The molecule has 0 spiro atoms. The van der Waals surface area contributed by atoms with Gasteiger partial charge in [-0.25, -0.2) is 0 Å². The molecule has 1 heterocycles. The molecule has 4 rings (SSSR count). The number of carbonyl (C=O) groups is 1. The number of aromatic nitrogens is 2. The van der Waals surface area contributed by atoms with Crippen molar-refractivity contribution in [3.05, 3.63) is 77.6 Å². The molecule has 0 atom stereocenters. The molecule has 1 amide bonds. The van der Waals surface area contributed by atoms with Crippen LogP contribution < -0.4 is 5.32 Å². The summed E-state index contributed by atoms with van der Waals surface area (Å²) in [5.74, 6) is -0.0364. The second-order valence-electron chi connectivity index (χ2n) is 6.75. The van der Waals surface area contributed by atoms with Gasteiger partial charge in [0.1, 0.15) is 0 Å². The lowest BCUT2D eigenvalue weighted by atomic mass is 9.98. The minimum atomic E-state index is -0.0364. The molecule has 1 aromatic heterocycles. The number of carbonyl (C=O) groups excluding carboxylic acids is 1. The van der Waals surface area contributed by atoms with E-state index in [1.807, 2.05) is 53.3 Å². The normalized spacial score (nSPS) is 13.2. The van der Waals surface area contributed by atoms with Crippen LogP contribution in [0.4, 0.5) is 0 Å². The summed E-state index contributed by atoms with van der Waals surface area (Å²) in [4.78, 5) is 12.4. The summed E-state index contributed by atoms with van der Waals surface area (Å²) < 4.78 is 2.05. The summed E-state index contributed by atoms with van der Waals surface area (Å²) in [5, 5.41) is 7.48. The first-order chi connectivity index (χ1) is 12.8. The Labute approximate surface area is 153 Å². The summed E-state index contributed by atoms with van der Waals surface area (Å²) in [6, 6.07) is 17.9. The van der Waals surface area contributed by atoms with Crippen LogP contribution in [-0.4, -0.2) is 22.2 Å². The van der Waals surface area contributed by atoms with Crippen molar-refractivity contribution in [1.29, 1.82) is 0 Å². The van der Waals surface area contributed by atoms with Crippen LogP contribution in [0.25, 0.3) is 11.1 Å². The quantitative estimate of drug-likeness (QED) is 0.763. The van der Waals surface area contributed by atoms with E-state index in [1.165, 1.54) is 24.1 Å². The number of nitrogens with zero attached hydrogens (tertiary/aromatic N) is 2. The molecule has 0 bridgehead atoms. The van der Waals surface area contributed by atoms with E-state index in [9.17, 15) is 4.79 Å². The van der Waals surface area contributed by atoms with Crippen LogP contribution in [0.2, 0.25) is 0 Å². The zero-order valence-electron chi connectivity index (χ0n) is 14.8. The third kappa shape index (κ3) is 3.54. The fourth-order valence-electron chi connectivity index (χ4n) is 3.57. The van der Waals surface area contributed by atoms with E-state index >= 15 is 0 Å². The monoisotopic (exact) mass is 345 g/mol. The average molecular weight is 345 g/mol. The van der Waals surface area contributed by atoms with Crippen molar-refractivity contribution in [3.8, 4) is 11.1 Å². The van der Waals surface area contributed by atoms with Crippen molar-refractivity contribution in [3.63, 3.8) is 0 Å². The fraction of sp³-hybridized carbons (Fsp3) is 0.273. The Kier molecular flexibility index (Phi) is 4.82. The van der Waals surface area contributed by atoms with E-state index in [2.05, 4.69) is 22.5 Å². The first-order valence-corrected chi connectivity index (χ1v) is 9.28. The lowest BCUT2D eigenvalue weighted by molar-refractivity contribution is 0.0952. The van der Waals surface area contributed by atoms with Crippen molar-refractivity contribution in [2.45, 2.75) is 32.2 Å². The van der Waals surface area contributed by atoms with Crippen LogP contribution in [0.5, 0.6) is 0 Å². The molecule has 1 N–H and O–H groups in total. The van der Waals surface area contributed by atoms with E-state index in [-0.39, 0.29) is 5.91 Å². The van der Waals surface area contributed by atoms with Gasteiger partial charge in [0.15, 0.2) is 0 Å². The predicted octanol–water partition coefficient (Wildman–Crippen LogP) is 3.86. The number of benzene rings is 2. The van der Waals surface area contributed by atoms with Crippen molar-refractivity contribution in [2.75, 3.05) is 6.54 Å². The van der Waals surface area contributed by atoms with Gasteiger partial charge >= 0.3 is 0 Å². The van der Waals surface area contributed by atoms with E-state index in [1.54, 1.807) is 0 Å². The SMILES string of the molecule is O=C(NCCn1ncc2c1CCCC2)c1ccc(-c2ccccc2)cc1. The Balaban J connectivity index is 1.34. The zero-order valence-corrected chi connectivity index (χ0v) is 14.8. The highest BCUT2D eigenvalue weighted by atomic mass is 16.1. The molecule has 132 valence electrons. The van der Waals surface area contributed by atoms with Crippen LogP contribution in [0.15, 0.2) is 60.8 Å². The Morgan fingerprint density at radius 2 is 1.69 bits per heavy atom. The highest BCUT2D eigenvalue weighted by Gasteiger charge is 2.14. The largest absolute Gasteiger partial charge is 0.350 e. The summed E-state index contributed by atoms with van der Waals surface area (Å²) in [6.45, 7) is 1.32. The van der Waals surface area contributed by atoms with Gasteiger partial charge in [-0.15, -0.1) is 0 Å². The first-order valence-electron chi connectivity index (χ1n) is 9.28. The molecule has 26 heavy (non-hydrogen) atoms. The molecule has 0 aliphatic heterocycles. The van der Waals surface area contributed by atoms with Gasteiger partial charge in [-0.3, -0.25) is 9.48 Å². The second kappa shape index (κ2) is 7.56. The Bertz CT molecular complexity index is 882. The second-order valence-corrected chi connectivity index (χ2v) is 6.75. The number of nitrogens with one attached hydrogen (secondary N) is 1. The molecule has 1 aliphatic rings. The van der Waals surface area contributed by atoms with Crippen molar-refractivity contribution in [1.82, 2.24) is 15.1 Å². The molecule has 3 aromatic rings. The van der Waals surface area contributed by atoms with Gasteiger partial charge < -0.3 is 5.32 Å². The summed E-state index contributed by atoms with van der Waals surface area (Å²) in [6.07, 6.45) is 6.71. The maximum absolute atomic E-state index is 12.4. The summed E-state index contributed by atoms with van der Waals surface area (Å²) >= 11 is 0. The zero-order chi connectivity index (χ0) is 17.8. The van der Waals surface area contributed by atoms with Gasteiger partial charge in [0.25, 0.3) is 5.91 Å². The molecule has 0 saturated carbocycles. The molecule has 4 heteroatoms. The van der Waals surface area contributed by atoms with Gasteiger partial charge in [0.2, 0.25) is 0 Å².